The largest absolute Gasteiger partial charge is 0.292 e. The van der Waals surface area contributed by atoms with Crippen LogP contribution in [0, 0.1) is 6.92 Å². The minimum Gasteiger partial charge on any atom is -0.292 e. The maximum Gasteiger partial charge on any atom is 0.267 e. The van der Waals surface area contributed by atoms with Crippen LogP contribution >= 0.6 is 15.9 Å². The molecule has 2 heterocycles. The van der Waals surface area contributed by atoms with E-state index in [1.165, 1.54) is 17.1 Å². The van der Waals surface area contributed by atoms with Crippen molar-refractivity contribution in [2.45, 2.75) is 13.5 Å². The van der Waals surface area contributed by atoms with Gasteiger partial charge in [0.25, 0.3) is 5.56 Å². The van der Waals surface area contributed by atoms with Crippen molar-refractivity contribution in [1.82, 2.24) is 14.5 Å². The van der Waals surface area contributed by atoms with E-state index in [1.807, 2.05) is 19.1 Å². The van der Waals surface area contributed by atoms with Gasteiger partial charge in [0, 0.05) is 12.4 Å². The summed E-state index contributed by atoms with van der Waals surface area (Å²) in [6, 6.07) is 3.85. The summed E-state index contributed by atoms with van der Waals surface area (Å²) in [5, 5.41) is 0. The Bertz CT molecular complexity index is 565. The molecule has 0 aliphatic heterocycles. The number of aryl methyl sites for hydroxylation is 1. The fraction of sp³-hybridized carbons (Fsp3) is 0.182. The highest BCUT2D eigenvalue weighted by molar-refractivity contribution is 9.10. The Morgan fingerprint density at radius 2 is 2.31 bits per heavy atom. The third-order valence-electron chi connectivity index (χ3n) is 2.30. The highest BCUT2D eigenvalue weighted by Crippen LogP contribution is 2.05. The van der Waals surface area contributed by atoms with Crippen LogP contribution in [-0.4, -0.2) is 14.5 Å². The summed E-state index contributed by atoms with van der Waals surface area (Å²) in [6.07, 6.45) is 4.73. The van der Waals surface area contributed by atoms with Gasteiger partial charge in [-0.15, -0.1) is 0 Å². The fourth-order valence-electron chi connectivity index (χ4n) is 1.38. The lowest BCUT2D eigenvalue weighted by atomic mass is 10.2. The van der Waals surface area contributed by atoms with E-state index in [-0.39, 0.29) is 5.56 Å². The lowest BCUT2D eigenvalue weighted by Gasteiger charge is -2.06. The number of nitrogens with zero attached hydrogens (tertiary/aromatic N) is 3. The van der Waals surface area contributed by atoms with Gasteiger partial charge < -0.3 is 0 Å². The van der Waals surface area contributed by atoms with E-state index in [9.17, 15) is 4.79 Å². The Kier molecular flexibility index (Phi) is 3.14. The van der Waals surface area contributed by atoms with Gasteiger partial charge in [-0.25, -0.2) is 4.98 Å². The van der Waals surface area contributed by atoms with E-state index in [2.05, 4.69) is 25.9 Å². The Morgan fingerprint density at radius 1 is 1.50 bits per heavy atom. The van der Waals surface area contributed by atoms with Crippen LogP contribution in [0.3, 0.4) is 0 Å². The first-order valence-corrected chi connectivity index (χ1v) is 5.58. The van der Waals surface area contributed by atoms with E-state index in [4.69, 9.17) is 0 Å². The van der Waals surface area contributed by atoms with E-state index >= 15 is 0 Å². The lowest BCUT2D eigenvalue weighted by molar-refractivity contribution is 0.710. The molecule has 16 heavy (non-hydrogen) atoms. The van der Waals surface area contributed by atoms with Crippen molar-refractivity contribution in [3.05, 3.63) is 56.9 Å². The molecule has 2 aromatic heterocycles. The molecule has 0 saturated heterocycles. The standard InChI is InChI=1S/C11H10BrN3O/c1-8-3-2-4-14-10(8)6-15-7-13-5-9(12)11(15)16/h2-5,7H,6H2,1H3. The van der Waals surface area contributed by atoms with Gasteiger partial charge in [0.05, 0.1) is 18.6 Å². The van der Waals surface area contributed by atoms with Crippen LogP contribution in [0.2, 0.25) is 0 Å². The Hall–Kier alpha value is -1.49. The molecule has 0 aliphatic carbocycles. The highest BCUT2D eigenvalue weighted by atomic mass is 79.9. The predicted octanol–water partition coefficient (Wildman–Crippen LogP) is 1.76. The average molecular weight is 280 g/mol. The molecule has 0 aromatic carbocycles. The van der Waals surface area contributed by atoms with Crippen LogP contribution in [0.4, 0.5) is 0 Å². The Labute approximate surface area is 101 Å². The highest BCUT2D eigenvalue weighted by Gasteiger charge is 2.04. The molecule has 0 spiro atoms. The van der Waals surface area contributed by atoms with Gasteiger partial charge in [-0.2, -0.15) is 0 Å². The zero-order chi connectivity index (χ0) is 11.5. The van der Waals surface area contributed by atoms with E-state index < -0.39 is 0 Å². The normalized spacial score (nSPS) is 10.4. The number of hydrogen-bond donors (Lipinski definition) is 0. The molecule has 2 aromatic rings. The zero-order valence-corrected chi connectivity index (χ0v) is 10.3. The molecule has 0 atom stereocenters. The van der Waals surface area contributed by atoms with Crippen molar-refractivity contribution in [2.75, 3.05) is 0 Å². The first-order valence-electron chi connectivity index (χ1n) is 4.79. The first kappa shape index (κ1) is 11.0. The van der Waals surface area contributed by atoms with E-state index in [0.717, 1.165) is 11.3 Å². The van der Waals surface area contributed by atoms with Crippen molar-refractivity contribution < 1.29 is 0 Å². The Balaban J connectivity index is 2.39. The van der Waals surface area contributed by atoms with Gasteiger partial charge in [-0.1, -0.05) is 6.07 Å². The second-order valence-corrected chi connectivity index (χ2v) is 4.30. The molecular formula is C11H10BrN3O. The van der Waals surface area contributed by atoms with Gasteiger partial charge >= 0.3 is 0 Å². The number of aromatic nitrogens is 3. The topological polar surface area (TPSA) is 47.8 Å². The minimum absolute atomic E-state index is 0.0972. The summed E-state index contributed by atoms with van der Waals surface area (Å²) in [5.74, 6) is 0. The van der Waals surface area contributed by atoms with E-state index in [1.54, 1.807) is 6.20 Å². The Morgan fingerprint density at radius 3 is 3.06 bits per heavy atom. The predicted molar refractivity (Wildman–Crippen MR) is 64.3 cm³/mol. The van der Waals surface area contributed by atoms with Crippen molar-refractivity contribution in [3.63, 3.8) is 0 Å². The summed E-state index contributed by atoms with van der Waals surface area (Å²) in [4.78, 5) is 19.9. The van der Waals surface area contributed by atoms with Gasteiger partial charge in [-0.3, -0.25) is 14.3 Å². The number of hydrogen-bond acceptors (Lipinski definition) is 3. The van der Waals surface area contributed by atoms with Gasteiger partial charge in [0.2, 0.25) is 0 Å². The van der Waals surface area contributed by atoms with Crippen LogP contribution in [0.1, 0.15) is 11.3 Å². The molecule has 5 heteroatoms. The third-order valence-corrected chi connectivity index (χ3v) is 2.84. The van der Waals surface area contributed by atoms with Crippen molar-refractivity contribution in [2.24, 2.45) is 0 Å². The molecule has 0 radical (unpaired) electrons. The molecule has 0 unspecified atom stereocenters. The molecule has 0 N–H and O–H groups in total. The van der Waals surface area contributed by atoms with E-state index in [0.29, 0.717) is 11.0 Å². The molecule has 0 saturated carbocycles. The third kappa shape index (κ3) is 2.19. The number of pyridine rings is 1. The van der Waals surface area contributed by atoms with Crippen molar-refractivity contribution >= 4 is 15.9 Å². The SMILES string of the molecule is Cc1cccnc1Cn1cncc(Br)c1=O. The maximum absolute atomic E-state index is 11.7. The number of rotatable bonds is 2. The molecule has 2 rings (SSSR count). The first-order chi connectivity index (χ1) is 7.68. The summed E-state index contributed by atoms with van der Waals surface area (Å²) in [5.41, 5.74) is 1.85. The molecule has 0 amide bonds. The molecule has 4 nitrogen and oxygen atoms in total. The maximum atomic E-state index is 11.7. The fourth-order valence-corrected chi connectivity index (χ4v) is 1.73. The molecule has 0 fully saturated rings. The summed E-state index contributed by atoms with van der Waals surface area (Å²) >= 11 is 3.16. The molecule has 0 aliphatic rings. The second-order valence-electron chi connectivity index (χ2n) is 3.44. The van der Waals surface area contributed by atoms with Crippen LogP contribution in [0.15, 0.2) is 40.1 Å². The van der Waals surface area contributed by atoms with Crippen LogP contribution in [-0.2, 0) is 6.54 Å². The second kappa shape index (κ2) is 4.57. The van der Waals surface area contributed by atoms with Gasteiger partial charge in [-0.05, 0) is 34.5 Å². The summed E-state index contributed by atoms with van der Waals surface area (Å²) in [7, 11) is 0. The monoisotopic (exact) mass is 279 g/mol. The van der Waals surface area contributed by atoms with Crippen LogP contribution in [0.25, 0.3) is 0 Å². The summed E-state index contributed by atoms with van der Waals surface area (Å²) in [6.45, 7) is 2.41. The zero-order valence-electron chi connectivity index (χ0n) is 8.72. The van der Waals surface area contributed by atoms with Crippen LogP contribution in [0.5, 0.6) is 0 Å². The quantitative estimate of drug-likeness (QED) is 0.842. The lowest BCUT2D eigenvalue weighted by Crippen LogP contribution is -2.22. The molecular weight excluding hydrogens is 270 g/mol. The van der Waals surface area contributed by atoms with Crippen molar-refractivity contribution in [1.29, 1.82) is 0 Å². The summed E-state index contributed by atoms with van der Waals surface area (Å²) < 4.78 is 1.99. The van der Waals surface area contributed by atoms with Crippen molar-refractivity contribution in [3.8, 4) is 0 Å². The number of halogens is 1. The average Bonchev–Trinajstić information content (AvgIpc) is 2.28. The van der Waals surface area contributed by atoms with Gasteiger partial charge in [0.1, 0.15) is 4.47 Å². The molecule has 82 valence electrons. The molecule has 0 bridgehead atoms. The minimum atomic E-state index is -0.0972. The smallest absolute Gasteiger partial charge is 0.267 e. The van der Waals surface area contributed by atoms with Crippen LogP contribution < -0.4 is 5.56 Å². The van der Waals surface area contributed by atoms with Gasteiger partial charge in [0.15, 0.2) is 0 Å².